The highest BCUT2D eigenvalue weighted by molar-refractivity contribution is 5.91. The van der Waals surface area contributed by atoms with Crippen LogP contribution in [0.4, 0.5) is 0 Å². The second kappa shape index (κ2) is 6.00. The van der Waals surface area contributed by atoms with Crippen LogP contribution in [-0.4, -0.2) is 16.0 Å². The molecule has 104 valence electrons. The Morgan fingerprint density at radius 2 is 1.95 bits per heavy atom. The number of aromatic nitrogens is 2. The van der Waals surface area contributed by atoms with Crippen molar-refractivity contribution < 1.29 is 9.32 Å². The zero-order valence-corrected chi connectivity index (χ0v) is 11.2. The van der Waals surface area contributed by atoms with Crippen LogP contribution in [0.1, 0.15) is 16.1 Å². The van der Waals surface area contributed by atoms with E-state index in [0.29, 0.717) is 6.54 Å². The summed E-state index contributed by atoms with van der Waals surface area (Å²) < 4.78 is 4.64. The fourth-order valence-electron chi connectivity index (χ4n) is 1.95. The van der Waals surface area contributed by atoms with E-state index in [2.05, 4.69) is 20.0 Å². The summed E-state index contributed by atoms with van der Waals surface area (Å²) in [6, 6.07) is 13.4. The second-order valence-electron chi connectivity index (χ2n) is 4.51. The molecule has 0 saturated carbocycles. The van der Waals surface area contributed by atoms with Gasteiger partial charge in [0.15, 0.2) is 5.69 Å². The molecule has 0 aliphatic heterocycles. The van der Waals surface area contributed by atoms with E-state index in [4.69, 9.17) is 0 Å². The summed E-state index contributed by atoms with van der Waals surface area (Å²) in [5.74, 6) is -0.250. The van der Waals surface area contributed by atoms with Crippen LogP contribution in [0, 0.1) is 0 Å². The molecule has 0 radical (unpaired) electrons. The number of rotatable bonds is 4. The Bertz CT molecular complexity index is 707. The standard InChI is InChI=1S/C16H13N3O2/c20-16(15-7-9-21-19-15)18-10-12-3-5-13(6-4-12)14-2-1-8-17-11-14/h1-9,11H,10H2,(H,18,20). The smallest absolute Gasteiger partial charge is 0.273 e. The van der Waals surface area contributed by atoms with Crippen molar-refractivity contribution in [3.05, 3.63) is 72.4 Å². The molecule has 5 heteroatoms. The molecular formula is C16H13N3O2. The molecule has 2 heterocycles. The molecular weight excluding hydrogens is 266 g/mol. The van der Waals surface area contributed by atoms with Crippen LogP contribution in [-0.2, 0) is 6.54 Å². The van der Waals surface area contributed by atoms with Gasteiger partial charge in [-0.3, -0.25) is 9.78 Å². The molecule has 1 N–H and O–H groups in total. The summed E-state index contributed by atoms with van der Waals surface area (Å²) in [5, 5.41) is 6.38. The van der Waals surface area contributed by atoms with Gasteiger partial charge in [0.05, 0.1) is 0 Å². The molecule has 3 aromatic rings. The summed E-state index contributed by atoms with van der Waals surface area (Å²) in [6.07, 6.45) is 4.94. The summed E-state index contributed by atoms with van der Waals surface area (Å²) in [4.78, 5) is 15.8. The molecule has 1 amide bonds. The number of amides is 1. The summed E-state index contributed by atoms with van der Waals surface area (Å²) in [6.45, 7) is 0.443. The van der Waals surface area contributed by atoms with E-state index >= 15 is 0 Å². The minimum absolute atomic E-state index is 0.250. The molecule has 5 nitrogen and oxygen atoms in total. The van der Waals surface area contributed by atoms with Gasteiger partial charge in [0, 0.05) is 25.0 Å². The second-order valence-corrected chi connectivity index (χ2v) is 4.51. The number of hydrogen-bond donors (Lipinski definition) is 1. The first-order valence-electron chi connectivity index (χ1n) is 6.51. The predicted molar refractivity (Wildman–Crippen MR) is 77.3 cm³/mol. The van der Waals surface area contributed by atoms with Gasteiger partial charge in [-0.2, -0.15) is 0 Å². The number of carbonyl (C=O) groups is 1. The Labute approximate surface area is 121 Å². The van der Waals surface area contributed by atoms with E-state index in [1.54, 1.807) is 6.20 Å². The zero-order chi connectivity index (χ0) is 14.5. The normalized spacial score (nSPS) is 10.3. The molecule has 0 aliphatic rings. The van der Waals surface area contributed by atoms with Gasteiger partial charge >= 0.3 is 0 Å². The first-order valence-corrected chi connectivity index (χ1v) is 6.51. The lowest BCUT2D eigenvalue weighted by Gasteiger charge is -2.05. The van der Waals surface area contributed by atoms with Crippen molar-refractivity contribution in [2.45, 2.75) is 6.54 Å². The van der Waals surface area contributed by atoms with Crippen molar-refractivity contribution in [3.63, 3.8) is 0 Å². The molecule has 0 fully saturated rings. The lowest BCUT2D eigenvalue weighted by atomic mass is 10.1. The van der Waals surface area contributed by atoms with Crippen LogP contribution < -0.4 is 5.32 Å². The fourth-order valence-corrected chi connectivity index (χ4v) is 1.95. The van der Waals surface area contributed by atoms with Gasteiger partial charge in [-0.05, 0) is 22.8 Å². The van der Waals surface area contributed by atoms with Crippen molar-refractivity contribution in [2.24, 2.45) is 0 Å². The highest BCUT2D eigenvalue weighted by Crippen LogP contribution is 2.18. The molecule has 1 aromatic carbocycles. The topological polar surface area (TPSA) is 68.0 Å². The van der Waals surface area contributed by atoms with Gasteiger partial charge in [0.25, 0.3) is 5.91 Å². The maximum atomic E-state index is 11.7. The molecule has 0 aliphatic carbocycles. The Morgan fingerprint density at radius 1 is 1.10 bits per heavy atom. The van der Waals surface area contributed by atoms with Gasteiger partial charge in [0.2, 0.25) is 0 Å². The Kier molecular flexibility index (Phi) is 3.73. The van der Waals surface area contributed by atoms with Crippen LogP contribution in [0.2, 0.25) is 0 Å². The summed E-state index contributed by atoms with van der Waals surface area (Å²) in [5.41, 5.74) is 3.45. The van der Waals surface area contributed by atoms with Crippen molar-refractivity contribution in [3.8, 4) is 11.1 Å². The van der Waals surface area contributed by atoms with E-state index in [0.717, 1.165) is 16.7 Å². The number of carbonyl (C=O) groups excluding carboxylic acids is 1. The SMILES string of the molecule is O=C(NCc1ccc(-c2cccnc2)cc1)c1ccon1. The van der Waals surface area contributed by atoms with Crippen molar-refractivity contribution >= 4 is 5.91 Å². The van der Waals surface area contributed by atoms with E-state index in [9.17, 15) is 4.79 Å². The third kappa shape index (κ3) is 3.14. The average Bonchev–Trinajstić information content (AvgIpc) is 3.08. The molecule has 0 spiro atoms. The molecule has 0 unspecified atom stereocenters. The van der Waals surface area contributed by atoms with Crippen LogP contribution in [0.5, 0.6) is 0 Å². The van der Waals surface area contributed by atoms with Gasteiger partial charge in [-0.25, -0.2) is 0 Å². The Balaban J connectivity index is 1.64. The number of benzene rings is 1. The highest BCUT2D eigenvalue weighted by atomic mass is 16.5. The first kappa shape index (κ1) is 13.1. The first-order chi connectivity index (χ1) is 10.3. The Hall–Kier alpha value is -2.95. The lowest BCUT2D eigenvalue weighted by molar-refractivity contribution is 0.0942. The van der Waals surface area contributed by atoms with Gasteiger partial charge in [0.1, 0.15) is 6.26 Å². The van der Waals surface area contributed by atoms with Crippen molar-refractivity contribution in [1.82, 2.24) is 15.5 Å². The summed E-state index contributed by atoms with van der Waals surface area (Å²) in [7, 11) is 0. The van der Waals surface area contributed by atoms with Crippen LogP contribution in [0.15, 0.2) is 65.6 Å². The van der Waals surface area contributed by atoms with Crippen molar-refractivity contribution in [1.29, 1.82) is 0 Å². The number of hydrogen-bond acceptors (Lipinski definition) is 4. The minimum atomic E-state index is -0.250. The van der Waals surface area contributed by atoms with Gasteiger partial charge in [-0.1, -0.05) is 35.5 Å². The molecule has 3 rings (SSSR count). The summed E-state index contributed by atoms with van der Waals surface area (Å²) >= 11 is 0. The van der Waals surface area contributed by atoms with E-state index in [-0.39, 0.29) is 11.6 Å². The van der Waals surface area contributed by atoms with Crippen LogP contribution in [0.25, 0.3) is 11.1 Å². The zero-order valence-electron chi connectivity index (χ0n) is 11.2. The molecule has 2 aromatic heterocycles. The molecule has 0 saturated heterocycles. The fraction of sp³-hybridized carbons (Fsp3) is 0.0625. The molecule has 0 bridgehead atoms. The van der Waals surface area contributed by atoms with E-state index in [1.165, 1.54) is 12.3 Å². The third-order valence-electron chi connectivity index (χ3n) is 3.07. The maximum Gasteiger partial charge on any atom is 0.273 e. The molecule has 21 heavy (non-hydrogen) atoms. The Morgan fingerprint density at radius 3 is 2.62 bits per heavy atom. The van der Waals surface area contributed by atoms with E-state index in [1.807, 2.05) is 42.6 Å². The number of nitrogens with one attached hydrogen (secondary N) is 1. The van der Waals surface area contributed by atoms with Gasteiger partial charge in [-0.15, -0.1) is 0 Å². The third-order valence-corrected chi connectivity index (χ3v) is 3.07. The average molecular weight is 279 g/mol. The van der Waals surface area contributed by atoms with Crippen LogP contribution in [0.3, 0.4) is 0 Å². The van der Waals surface area contributed by atoms with Crippen molar-refractivity contribution in [2.75, 3.05) is 0 Å². The molecule has 0 atom stereocenters. The van der Waals surface area contributed by atoms with Crippen LogP contribution >= 0.6 is 0 Å². The maximum absolute atomic E-state index is 11.7. The largest absolute Gasteiger partial charge is 0.364 e. The lowest BCUT2D eigenvalue weighted by Crippen LogP contribution is -2.22. The van der Waals surface area contributed by atoms with E-state index < -0.39 is 0 Å². The minimum Gasteiger partial charge on any atom is -0.364 e. The van der Waals surface area contributed by atoms with Gasteiger partial charge < -0.3 is 9.84 Å². The predicted octanol–water partition coefficient (Wildman–Crippen LogP) is 2.67. The quantitative estimate of drug-likeness (QED) is 0.797. The number of pyridine rings is 1. The number of nitrogens with zero attached hydrogens (tertiary/aromatic N) is 2. The monoisotopic (exact) mass is 279 g/mol. The highest BCUT2D eigenvalue weighted by Gasteiger charge is 2.08.